The van der Waals surface area contributed by atoms with E-state index < -0.39 is 23.8 Å². The van der Waals surface area contributed by atoms with E-state index in [2.05, 4.69) is 5.32 Å². The van der Waals surface area contributed by atoms with Crippen molar-refractivity contribution in [3.63, 3.8) is 0 Å². The summed E-state index contributed by atoms with van der Waals surface area (Å²) in [5, 5.41) is 2.26. The fraction of sp³-hybridized carbons (Fsp3) is 0.400. The van der Waals surface area contributed by atoms with Crippen LogP contribution in [0.15, 0.2) is 30.3 Å². The third kappa shape index (κ3) is 3.11. The Morgan fingerprint density at radius 1 is 1.38 bits per heavy atom. The summed E-state index contributed by atoms with van der Waals surface area (Å²) in [5.74, 6) is -1.70. The average Bonchev–Trinajstić information content (AvgIpc) is 2.48. The molecule has 1 heterocycles. The van der Waals surface area contributed by atoms with Gasteiger partial charge in [0.05, 0.1) is 5.92 Å². The Labute approximate surface area is 123 Å². The van der Waals surface area contributed by atoms with Gasteiger partial charge in [-0.2, -0.15) is 0 Å². The first-order valence-electron chi connectivity index (χ1n) is 6.97. The summed E-state index contributed by atoms with van der Waals surface area (Å²) in [5.41, 5.74) is 6.53. The first kappa shape index (κ1) is 15.2. The van der Waals surface area contributed by atoms with Crippen LogP contribution in [0.25, 0.3) is 0 Å². The molecule has 2 rings (SSSR count). The molecular formula is C15H19N3O3. The van der Waals surface area contributed by atoms with Crippen molar-refractivity contribution in [2.24, 2.45) is 5.73 Å². The number of nitrogens with two attached hydrogens (primary N) is 1. The molecule has 1 fully saturated rings. The monoisotopic (exact) mass is 289 g/mol. The number of piperazine rings is 1. The number of amides is 3. The Hall–Kier alpha value is -2.21. The zero-order chi connectivity index (χ0) is 15.4. The number of nitrogens with one attached hydrogen (secondary N) is 1. The quantitative estimate of drug-likeness (QED) is 0.763. The Bertz CT molecular complexity index is 544. The zero-order valence-electron chi connectivity index (χ0n) is 11.9. The Morgan fingerprint density at radius 3 is 2.62 bits per heavy atom. The third-order valence-corrected chi connectivity index (χ3v) is 3.66. The molecule has 1 saturated heterocycles. The van der Waals surface area contributed by atoms with Crippen molar-refractivity contribution in [3.05, 3.63) is 35.9 Å². The van der Waals surface area contributed by atoms with E-state index in [0.717, 1.165) is 5.56 Å². The van der Waals surface area contributed by atoms with E-state index in [4.69, 9.17) is 5.73 Å². The predicted octanol–water partition coefficient (Wildman–Crippen LogP) is -0.00750. The number of nitrogens with zero attached hydrogens (tertiary/aromatic N) is 1. The largest absolute Gasteiger partial charge is 0.329 e. The molecule has 21 heavy (non-hydrogen) atoms. The van der Waals surface area contributed by atoms with Crippen LogP contribution in [-0.4, -0.2) is 41.8 Å². The zero-order valence-corrected chi connectivity index (χ0v) is 11.9. The molecule has 1 aliphatic heterocycles. The Balaban J connectivity index is 2.27. The SMILES string of the molecule is CCC1C(=O)NC(=O)CN1C(=O)C(CN)c1ccccc1. The van der Waals surface area contributed by atoms with Crippen molar-refractivity contribution in [2.45, 2.75) is 25.3 Å². The lowest BCUT2D eigenvalue weighted by Gasteiger charge is -2.35. The van der Waals surface area contributed by atoms with Gasteiger partial charge in [-0.15, -0.1) is 0 Å². The molecule has 1 aliphatic rings. The van der Waals surface area contributed by atoms with Crippen LogP contribution < -0.4 is 11.1 Å². The van der Waals surface area contributed by atoms with Gasteiger partial charge in [-0.25, -0.2) is 0 Å². The van der Waals surface area contributed by atoms with E-state index >= 15 is 0 Å². The first-order valence-corrected chi connectivity index (χ1v) is 6.97. The lowest BCUT2D eigenvalue weighted by Crippen LogP contribution is -2.60. The van der Waals surface area contributed by atoms with Gasteiger partial charge in [-0.05, 0) is 12.0 Å². The summed E-state index contributed by atoms with van der Waals surface area (Å²) >= 11 is 0. The number of benzene rings is 1. The van der Waals surface area contributed by atoms with Crippen LogP contribution in [0.5, 0.6) is 0 Å². The third-order valence-electron chi connectivity index (χ3n) is 3.66. The van der Waals surface area contributed by atoms with E-state index in [1.807, 2.05) is 30.3 Å². The van der Waals surface area contributed by atoms with Crippen LogP contribution in [0.1, 0.15) is 24.8 Å². The molecule has 6 nitrogen and oxygen atoms in total. The van der Waals surface area contributed by atoms with Gasteiger partial charge in [0.25, 0.3) is 0 Å². The number of rotatable bonds is 4. The second-order valence-corrected chi connectivity index (χ2v) is 5.00. The second kappa shape index (κ2) is 6.49. The van der Waals surface area contributed by atoms with E-state index in [-0.39, 0.29) is 19.0 Å². The standard InChI is InChI=1S/C15H19N3O3/c1-2-12-14(20)17-13(19)9-18(12)15(21)11(8-16)10-6-4-3-5-7-10/h3-7,11-12H,2,8-9,16H2,1H3,(H,17,19,20). The van der Waals surface area contributed by atoms with Gasteiger partial charge in [-0.3, -0.25) is 19.7 Å². The maximum atomic E-state index is 12.7. The molecule has 0 radical (unpaired) electrons. The summed E-state index contributed by atoms with van der Waals surface area (Å²) in [6.45, 7) is 1.83. The van der Waals surface area contributed by atoms with Gasteiger partial charge in [0.15, 0.2) is 0 Å². The van der Waals surface area contributed by atoms with E-state index in [9.17, 15) is 14.4 Å². The highest BCUT2D eigenvalue weighted by Crippen LogP contribution is 2.21. The molecule has 2 atom stereocenters. The maximum absolute atomic E-state index is 12.7. The lowest BCUT2D eigenvalue weighted by atomic mass is 9.96. The predicted molar refractivity (Wildman–Crippen MR) is 77.2 cm³/mol. The smallest absolute Gasteiger partial charge is 0.249 e. The van der Waals surface area contributed by atoms with Crippen LogP contribution in [0.3, 0.4) is 0 Å². The second-order valence-electron chi connectivity index (χ2n) is 5.00. The van der Waals surface area contributed by atoms with Crippen molar-refractivity contribution in [1.29, 1.82) is 0 Å². The van der Waals surface area contributed by atoms with E-state index in [1.54, 1.807) is 6.92 Å². The Morgan fingerprint density at radius 2 is 2.05 bits per heavy atom. The van der Waals surface area contributed by atoms with Gasteiger partial charge in [0.2, 0.25) is 17.7 Å². The lowest BCUT2D eigenvalue weighted by molar-refractivity contribution is -0.150. The molecule has 1 aromatic rings. The maximum Gasteiger partial charge on any atom is 0.249 e. The average molecular weight is 289 g/mol. The molecule has 2 unspecified atom stereocenters. The van der Waals surface area contributed by atoms with Crippen molar-refractivity contribution < 1.29 is 14.4 Å². The van der Waals surface area contributed by atoms with Crippen LogP contribution in [0, 0.1) is 0 Å². The van der Waals surface area contributed by atoms with Gasteiger partial charge >= 0.3 is 0 Å². The minimum atomic E-state index is -0.618. The summed E-state index contributed by atoms with van der Waals surface area (Å²) in [7, 11) is 0. The van der Waals surface area contributed by atoms with Gasteiger partial charge in [0, 0.05) is 6.54 Å². The van der Waals surface area contributed by atoms with Crippen molar-refractivity contribution >= 4 is 17.7 Å². The number of carbonyl (C=O) groups excluding carboxylic acids is 3. The highest BCUT2D eigenvalue weighted by Gasteiger charge is 2.38. The number of hydrogen-bond acceptors (Lipinski definition) is 4. The van der Waals surface area contributed by atoms with Crippen molar-refractivity contribution in [3.8, 4) is 0 Å². The molecule has 3 amide bonds. The van der Waals surface area contributed by atoms with Gasteiger partial charge < -0.3 is 10.6 Å². The van der Waals surface area contributed by atoms with Crippen molar-refractivity contribution in [2.75, 3.05) is 13.1 Å². The van der Waals surface area contributed by atoms with Crippen molar-refractivity contribution in [1.82, 2.24) is 10.2 Å². The number of imide groups is 1. The molecule has 112 valence electrons. The molecule has 0 bridgehead atoms. The normalized spacial score (nSPS) is 20.1. The van der Waals surface area contributed by atoms with Gasteiger partial charge in [0.1, 0.15) is 12.6 Å². The number of carbonyl (C=O) groups is 3. The topological polar surface area (TPSA) is 92.5 Å². The molecule has 0 spiro atoms. The molecule has 1 aromatic carbocycles. The van der Waals surface area contributed by atoms with Gasteiger partial charge in [-0.1, -0.05) is 37.3 Å². The van der Waals surface area contributed by atoms with Crippen LogP contribution >= 0.6 is 0 Å². The first-order chi connectivity index (χ1) is 10.1. The fourth-order valence-corrected chi connectivity index (χ4v) is 2.57. The van der Waals surface area contributed by atoms with Crippen LogP contribution in [0.4, 0.5) is 0 Å². The van der Waals surface area contributed by atoms with E-state index in [0.29, 0.717) is 6.42 Å². The minimum Gasteiger partial charge on any atom is -0.329 e. The highest BCUT2D eigenvalue weighted by molar-refractivity contribution is 6.05. The highest BCUT2D eigenvalue weighted by atomic mass is 16.2. The molecule has 0 saturated carbocycles. The molecular weight excluding hydrogens is 270 g/mol. The van der Waals surface area contributed by atoms with Crippen LogP contribution in [0.2, 0.25) is 0 Å². The fourth-order valence-electron chi connectivity index (χ4n) is 2.57. The summed E-state index contributed by atoms with van der Waals surface area (Å²) in [6.07, 6.45) is 0.455. The van der Waals surface area contributed by atoms with Crippen LogP contribution in [-0.2, 0) is 14.4 Å². The summed E-state index contributed by atoms with van der Waals surface area (Å²) in [4.78, 5) is 37.4. The molecule has 6 heteroatoms. The molecule has 3 N–H and O–H groups in total. The Kier molecular flexibility index (Phi) is 4.70. The summed E-state index contributed by atoms with van der Waals surface area (Å²) < 4.78 is 0. The minimum absolute atomic E-state index is 0.105. The van der Waals surface area contributed by atoms with E-state index in [1.165, 1.54) is 4.90 Å². The molecule has 0 aliphatic carbocycles. The molecule has 0 aromatic heterocycles. The number of hydrogen-bond donors (Lipinski definition) is 2. The summed E-state index contributed by atoms with van der Waals surface area (Å²) in [6, 6.07) is 8.54.